The maximum Gasteiger partial charge on any atom is 0.261 e. The van der Waals surface area contributed by atoms with Crippen LogP contribution in [0.2, 0.25) is 0 Å². The Morgan fingerprint density at radius 1 is 1.32 bits per heavy atom. The van der Waals surface area contributed by atoms with Crippen LogP contribution in [-0.2, 0) is 4.79 Å². The lowest BCUT2D eigenvalue weighted by Gasteiger charge is -2.35. The van der Waals surface area contributed by atoms with Crippen LogP contribution >= 0.6 is 0 Å². The molecule has 0 unspecified atom stereocenters. The predicted octanol–water partition coefficient (Wildman–Crippen LogP) is 3.64. The van der Waals surface area contributed by atoms with E-state index in [-0.39, 0.29) is 5.91 Å². The van der Waals surface area contributed by atoms with E-state index in [1.165, 1.54) is 19.5 Å². The molecule has 25 heavy (non-hydrogen) atoms. The fourth-order valence-electron chi connectivity index (χ4n) is 3.78. The van der Waals surface area contributed by atoms with Crippen molar-refractivity contribution in [1.82, 2.24) is 10.2 Å². The van der Waals surface area contributed by atoms with Crippen molar-refractivity contribution in [3.8, 4) is 5.75 Å². The number of aryl methyl sites for hydroxylation is 1. The molecule has 1 aliphatic rings. The van der Waals surface area contributed by atoms with Gasteiger partial charge in [0.2, 0.25) is 0 Å². The summed E-state index contributed by atoms with van der Waals surface area (Å²) in [5.74, 6) is 2.32. The molecule has 1 saturated heterocycles. The molecule has 0 bridgehead atoms. The molecular weight excluding hydrogens is 312 g/mol. The van der Waals surface area contributed by atoms with E-state index < -0.39 is 6.10 Å². The topological polar surface area (TPSA) is 41.6 Å². The van der Waals surface area contributed by atoms with Gasteiger partial charge < -0.3 is 15.0 Å². The van der Waals surface area contributed by atoms with Crippen LogP contribution in [0.3, 0.4) is 0 Å². The molecule has 1 aliphatic heterocycles. The second-order valence-corrected chi connectivity index (χ2v) is 7.68. The van der Waals surface area contributed by atoms with E-state index in [1.807, 2.05) is 38.1 Å². The minimum Gasteiger partial charge on any atom is -0.481 e. The van der Waals surface area contributed by atoms with Gasteiger partial charge in [-0.3, -0.25) is 4.79 Å². The number of nitrogens with one attached hydrogen (secondary N) is 1. The summed E-state index contributed by atoms with van der Waals surface area (Å²) in [5.41, 5.74) is 1.14. The Bertz CT molecular complexity index is 536. The number of carbonyl (C=O) groups excluding carboxylic acids is 1. The molecule has 0 spiro atoms. The van der Waals surface area contributed by atoms with Crippen molar-refractivity contribution in [2.45, 2.75) is 53.1 Å². The summed E-state index contributed by atoms with van der Waals surface area (Å²) in [6.45, 7) is 12.8. The lowest BCUT2D eigenvalue weighted by molar-refractivity contribution is -0.128. The van der Waals surface area contributed by atoms with E-state index in [9.17, 15) is 4.79 Å². The Morgan fingerprint density at radius 3 is 2.68 bits per heavy atom. The average Bonchev–Trinajstić information content (AvgIpc) is 2.55. The van der Waals surface area contributed by atoms with Crippen LogP contribution in [0, 0.1) is 18.8 Å². The molecule has 1 fully saturated rings. The zero-order valence-corrected chi connectivity index (χ0v) is 16.3. The average molecular weight is 347 g/mol. The molecule has 3 atom stereocenters. The van der Waals surface area contributed by atoms with Gasteiger partial charge in [0, 0.05) is 19.6 Å². The van der Waals surface area contributed by atoms with Crippen LogP contribution in [0.25, 0.3) is 0 Å². The largest absolute Gasteiger partial charge is 0.481 e. The molecule has 0 aliphatic carbocycles. The van der Waals surface area contributed by atoms with E-state index in [0.717, 1.165) is 36.1 Å². The van der Waals surface area contributed by atoms with E-state index in [1.54, 1.807) is 0 Å². The predicted molar refractivity (Wildman–Crippen MR) is 103 cm³/mol. The van der Waals surface area contributed by atoms with Crippen molar-refractivity contribution >= 4 is 5.91 Å². The fourth-order valence-corrected chi connectivity index (χ4v) is 3.78. The number of nitrogens with zero attached hydrogens (tertiary/aromatic N) is 1. The van der Waals surface area contributed by atoms with Crippen molar-refractivity contribution < 1.29 is 9.53 Å². The maximum atomic E-state index is 12.4. The number of amides is 1. The van der Waals surface area contributed by atoms with E-state index in [4.69, 9.17) is 4.74 Å². The third-order valence-electron chi connectivity index (χ3n) is 4.83. The van der Waals surface area contributed by atoms with Crippen molar-refractivity contribution in [3.05, 3.63) is 29.8 Å². The number of ether oxygens (including phenoxy) is 1. The summed E-state index contributed by atoms with van der Waals surface area (Å²) in [6.07, 6.45) is 2.58. The number of hydrogen-bond donors (Lipinski definition) is 1. The number of likely N-dealkylation sites (tertiary alicyclic amines) is 1. The summed E-state index contributed by atoms with van der Waals surface area (Å²) in [7, 11) is 0. The Kier molecular flexibility index (Phi) is 7.76. The second-order valence-electron chi connectivity index (χ2n) is 7.68. The second kappa shape index (κ2) is 9.81. The van der Waals surface area contributed by atoms with E-state index in [0.29, 0.717) is 13.0 Å². The Balaban J connectivity index is 1.71. The summed E-state index contributed by atoms with van der Waals surface area (Å²) >= 11 is 0. The number of benzene rings is 1. The first kappa shape index (κ1) is 19.8. The highest BCUT2D eigenvalue weighted by atomic mass is 16.5. The molecule has 2 rings (SSSR count). The lowest BCUT2D eigenvalue weighted by atomic mass is 9.92. The summed E-state index contributed by atoms with van der Waals surface area (Å²) in [5, 5.41) is 3.04. The molecule has 0 radical (unpaired) electrons. The first-order chi connectivity index (χ1) is 12.0. The molecular formula is C21H34N2O2. The lowest BCUT2D eigenvalue weighted by Crippen LogP contribution is -2.41. The first-order valence-corrected chi connectivity index (χ1v) is 9.71. The van der Waals surface area contributed by atoms with Crippen LogP contribution in [0.5, 0.6) is 5.75 Å². The van der Waals surface area contributed by atoms with Gasteiger partial charge in [-0.15, -0.1) is 0 Å². The standard InChI is InChI=1S/C21H34N2O2/c1-5-20(25-19-9-6-8-16(2)13-19)21(24)22-10-7-11-23-14-17(3)12-18(4)15-23/h6,8-9,13,17-18,20H,5,7,10-12,14-15H2,1-4H3,(H,22,24)/t17-,18-,20-/m0/s1. The van der Waals surface area contributed by atoms with Gasteiger partial charge in [-0.1, -0.05) is 32.9 Å². The van der Waals surface area contributed by atoms with Gasteiger partial charge in [-0.05, 0) is 62.3 Å². The number of piperidine rings is 1. The molecule has 1 aromatic carbocycles. The fraction of sp³-hybridized carbons (Fsp3) is 0.667. The molecule has 140 valence electrons. The van der Waals surface area contributed by atoms with Crippen molar-refractivity contribution in [2.75, 3.05) is 26.2 Å². The van der Waals surface area contributed by atoms with Gasteiger partial charge in [-0.2, -0.15) is 0 Å². The molecule has 0 aromatic heterocycles. The monoisotopic (exact) mass is 346 g/mol. The third kappa shape index (κ3) is 6.69. The Hall–Kier alpha value is -1.55. The van der Waals surface area contributed by atoms with Gasteiger partial charge in [0.15, 0.2) is 6.10 Å². The molecule has 4 nitrogen and oxygen atoms in total. The SMILES string of the molecule is CC[C@H](Oc1cccc(C)c1)C(=O)NCCCN1C[C@@H](C)C[C@H](C)C1. The van der Waals surface area contributed by atoms with Gasteiger partial charge >= 0.3 is 0 Å². The van der Waals surface area contributed by atoms with Gasteiger partial charge in [0.25, 0.3) is 5.91 Å². The highest BCUT2D eigenvalue weighted by Gasteiger charge is 2.21. The molecule has 4 heteroatoms. The maximum absolute atomic E-state index is 12.4. The van der Waals surface area contributed by atoms with Crippen LogP contribution in [-0.4, -0.2) is 43.1 Å². The van der Waals surface area contributed by atoms with Crippen molar-refractivity contribution in [2.24, 2.45) is 11.8 Å². The van der Waals surface area contributed by atoms with Gasteiger partial charge in [-0.25, -0.2) is 0 Å². The number of rotatable bonds is 8. The number of carbonyl (C=O) groups is 1. The molecule has 0 saturated carbocycles. The Labute approximate surface area is 152 Å². The quantitative estimate of drug-likeness (QED) is 0.731. The summed E-state index contributed by atoms with van der Waals surface area (Å²) in [6, 6.07) is 7.85. The summed E-state index contributed by atoms with van der Waals surface area (Å²) in [4.78, 5) is 14.9. The minimum absolute atomic E-state index is 0.00983. The molecule has 1 heterocycles. The Morgan fingerprint density at radius 2 is 2.04 bits per heavy atom. The van der Waals surface area contributed by atoms with Crippen LogP contribution in [0.1, 0.15) is 45.6 Å². The van der Waals surface area contributed by atoms with Crippen LogP contribution in [0.15, 0.2) is 24.3 Å². The smallest absolute Gasteiger partial charge is 0.261 e. The van der Waals surface area contributed by atoms with Crippen LogP contribution in [0.4, 0.5) is 0 Å². The third-order valence-corrected chi connectivity index (χ3v) is 4.83. The zero-order valence-electron chi connectivity index (χ0n) is 16.3. The van der Waals surface area contributed by atoms with Crippen LogP contribution < -0.4 is 10.1 Å². The normalized spacial score (nSPS) is 22.4. The van der Waals surface area contributed by atoms with E-state index >= 15 is 0 Å². The summed E-state index contributed by atoms with van der Waals surface area (Å²) < 4.78 is 5.86. The zero-order chi connectivity index (χ0) is 18.2. The van der Waals surface area contributed by atoms with Crippen molar-refractivity contribution in [3.63, 3.8) is 0 Å². The highest BCUT2D eigenvalue weighted by molar-refractivity contribution is 5.81. The highest BCUT2D eigenvalue weighted by Crippen LogP contribution is 2.20. The minimum atomic E-state index is -0.420. The molecule has 1 N–H and O–H groups in total. The first-order valence-electron chi connectivity index (χ1n) is 9.71. The number of hydrogen-bond acceptors (Lipinski definition) is 3. The van der Waals surface area contributed by atoms with Gasteiger partial charge in [0.05, 0.1) is 0 Å². The van der Waals surface area contributed by atoms with Crippen molar-refractivity contribution in [1.29, 1.82) is 0 Å². The van der Waals surface area contributed by atoms with Gasteiger partial charge in [0.1, 0.15) is 5.75 Å². The molecule has 1 aromatic rings. The van der Waals surface area contributed by atoms with E-state index in [2.05, 4.69) is 24.1 Å². The molecule has 1 amide bonds.